The van der Waals surface area contributed by atoms with E-state index in [9.17, 15) is 17.6 Å². The number of rotatable bonds is 1. The lowest BCUT2D eigenvalue weighted by Crippen LogP contribution is -2.27. The third-order valence-electron chi connectivity index (χ3n) is 2.83. The van der Waals surface area contributed by atoms with Gasteiger partial charge in [0.15, 0.2) is 0 Å². The summed E-state index contributed by atoms with van der Waals surface area (Å²) in [6, 6.07) is 2.51. The second-order valence-electron chi connectivity index (χ2n) is 4.37. The number of halogens is 4. The Bertz CT molecular complexity index is 561. The summed E-state index contributed by atoms with van der Waals surface area (Å²) in [6.45, 7) is 1.70. The van der Waals surface area contributed by atoms with Gasteiger partial charge in [0.05, 0.1) is 11.3 Å². The summed E-state index contributed by atoms with van der Waals surface area (Å²) in [4.78, 5) is 0. The van der Waals surface area contributed by atoms with E-state index in [0.717, 1.165) is 12.1 Å². The van der Waals surface area contributed by atoms with Crippen LogP contribution in [-0.2, 0) is 6.18 Å². The molecule has 0 saturated heterocycles. The van der Waals surface area contributed by atoms with Crippen LogP contribution in [0.1, 0.15) is 24.5 Å². The van der Waals surface area contributed by atoms with Crippen molar-refractivity contribution in [3.8, 4) is 0 Å². The first-order valence-electron chi connectivity index (χ1n) is 5.56. The van der Waals surface area contributed by atoms with E-state index in [1.807, 2.05) is 0 Å². The highest BCUT2D eigenvalue weighted by atomic mass is 19.4. The topological polar surface area (TPSA) is 50.7 Å². The first-order chi connectivity index (χ1) is 8.79. The van der Waals surface area contributed by atoms with Gasteiger partial charge >= 0.3 is 6.18 Å². The average molecular weight is 273 g/mol. The van der Waals surface area contributed by atoms with E-state index in [2.05, 4.69) is 10.2 Å². The summed E-state index contributed by atoms with van der Waals surface area (Å²) in [5.41, 5.74) is 4.44. The summed E-state index contributed by atoms with van der Waals surface area (Å²) < 4.78 is 51.7. The minimum atomic E-state index is -4.65. The van der Waals surface area contributed by atoms with Gasteiger partial charge in [0, 0.05) is 17.9 Å². The van der Waals surface area contributed by atoms with E-state index >= 15 is 0 Å². The molecule has 7 heteroatoms. The van der Waals surface area contributed by atoms with Gasteiger partial charge < -0.3 is 5.73 Å². The fraction of sp³-hybridized carbons (Fsp3) is 0.333. The van der Waals surface area contributed by atoms with Crippen LogP contribution in [0.4, 0.5) is 17.6 Å². The number of nitrogens with two attached hydrogens (primary N) is 1. The van der Waals surface area contributed by atoms with Crippen molar-refractivity contribution in [1.82, 2.24) is 0 Å². The molecular weight excluding hydrogens is 262 g/mol. The predicted molar refractivity (Wildman–Crippen MR) is 63.3 cm³/mol. The Balaban J connectivity index is 2.57. The lowest BCUT2D eigenvalue weighted by atomic mass is 9.91. The zero-order valence-electron chi connectivity index (χ0n) is 10.0. The Labute approximate surface area is 106 Å². The van der Waals surface area contributed by atoms with Crippen LogP contribution < -0.4 is 5.73 Å². The lowest BCUT2D eigenvalue weighted by Gasteiger charge is -2.20. The quantitative estimate of drug-likeness (QED) is 0.786. The molecule has 1 aromatic carbocycles. The normalized spacial score (nSPS) is 19.9. The largest absolute Gasteiger partial charge is 0.417 e. The maximum Gasteiger partial charge on any atom is 0.417 e. The zero-order valence-corrected chi connectivity index (χ0v) is 10.0. The van der Waals surface area contributed by atoms with E-state index < -0.39 is 17.6 Å². The Morgan fingerprint density at radius 1 is 1.26 bits per heavy atom. The van der Waals surface area contributed by atoms with Crippen LogP contribution in [-0.4, -0.2) is 11.5 Å². The predicted octanol–water partition coefficient (Wildman–Crippen LogP) is 2.95. The minimum absolute atomic E-state index is 0.155. The third-order valence-corrected chi connectivity index (χ3v) is 2.83. The van der Waals surface area contributed by atoms with Crippen molar-refractivity contribution >= 4 is 11.5 Å². The van der Waals surface area contributed by atoms with Gasteiger partial charge in [-0.25, -0.2) is 4.39 Å². The van der Waals surface area contributed by atoms with Crippen molar-refractivity contribution in [1.29, 1.82) is 0 Å². The van der Waals surface area contributed by atoms with Crippen molar-refractivity contribution in [2.45, 2.75) is 19.5 Å². The monoisotopic (exact) mass is 273 g/mol. The smallest absolute Gasteiger partial charge is 0.386 e. The molecule has 0 aliphatic carbocycles. The summed E-state index contributed by atoms with van der Waals surface area (Å²) in [5.74, 6) is -0.973. The van der Waals surface area contributed by atoms with E-state index in [0.29, 0.717) is 12.5 Å². The Kier molecular flexibility index (Phi) is 3.30. The van der Waals surface area contributed by atoms with Gasteiger partial charge in [-0.3, -0.25) is 0 Å². The van der Waals surface area contributed by atoms with Crippen LogP contribution in [0, 0.1) is 11.7 Å². The average Bonchev–Trinajstić information content (AvgIpc) is 2.28. The van der Waals surface area contributed by atoms with Crippen LogP contribution in [0.2, 0.25) is 0 Å². The van der Waals surface area contributed by atoms with Crippen LogP contribution in [0.5, 0.6) is 0 Å². The van der Waals surface area contributed by atoms with Crippen molar-refractivity contribution in [3.05, 3.63) is 35.1 Å². The van der Waals surface area contributed by atoms with Gasteiger partial charge in [0.2, 0.25) is 0 Å². The summed E-state index contributed by atoms with van der Waals surface area (Å²) >= 11 is 0. The van der Waals surface area contributed by atoms with Crippen LogP contribution >= 0.6 is 0 Å². The minimum Gasteiger partial charge on any atom is -0.386 e. The molecular formula is C12H11F4N3. The Morgan fingerprint density at radius 2 is 1.95 bits per heavy atom. The van der Waals surface area contributed by atoms with Crippen LogP contribution in [0.25, 0.3) is 0 Å². The number of alkyl halides is 3. The fourth-order valence-electron chi connectivity index (χ4n) is 1.96. The highest BCUT2D eigenvalue weighted by Crippen LogP contribution is 2.34. The van der Waals surface area contributed by atoms with Gasteiger partial charge in [-0.2, -0.15) is 18.3 Å². The summed E-state index contributed by atoms with van der Waals surface area (Å²) in [5, 5.41) is 7.33. The number of hydrogen-bond acceptors (Lipinski definition) is 3. The molecule has 1 unspecified atom stereocenters. The maximum absolute atomic E-state index is 13.0. The van der Waals surface area contributed by atoms with Crippen molar-refractivity contribution in [3.63, 3.8) is 0 Å². The maximum atomic E-state index is 13.0. The molecule has 1 heterocycles. The summed E-state index contributed by atoms with van der Waals surface area (Å²) in [6.07, 6.45) is -4.32. The van der Waals surface area contributed by atoms with Crippen LogP contribution in [0.3, 0.4) is 0 Å². The molecule has 1 atom stereocenters. The molecule has 0 spiro atoms. The van der Waals surface area contributed by atoms with E-state index in [1.54, 1.807) is 6.92 Å². The Morgan fingerprint density at radius 3 is 2.53 bits per heavy atom. The molecule has 0 saturated carbocycles. The lowest BCUT2D eigenvalue weighted by molar-refractivity contribution is -0.137. The SMILES string of the molecule is CC1CC(N)=NN=C1c1ccc(F)cc1C(F)(F)F. The zero-order chi connectivity index (χ0) is 14.2. The first kappa shape index (κ1) is 13.5. The molecule has 1 aromatic rings. The molecule has 2 N–H and O–H groups in total. The molecule has 102 valence electrons. The highest BCUT2D eigenvalue weighted by molar-refractivity contribution is 6.06. The van der Waals surface area contributed by atoms with E-state index in [-0.39, 0.29) is 23.0 Å². The van der Waals surface area contributed by atoms with Gasteiger partial charge in [-0.05, 0) is 18.2 Å². The van der Waals surface area contributed by atoms with Crippen molar-refractivity contribution in [2.24, 2.45) is 21.9 Å². The first-order valence-corrected chi connectivity index (χ1v) is 5.56. The van der Waals surface area contributed by atoms with Crippen molar-refractivity contribution < 1.29 is 17.6 Å². The molecule has 3 nitrogen and oxygen atoms in total. The van der Waals surface area contributed by atoms with Crippen LogP contribution in [0.15, 0.2) is 28.4 Å². The van der Waals surface area contributed by atoms with Gasteiger partial charge in [-0.15, -0.1) is 5.10 Å². The molecule has 1 aliphatic rings. The Hall–Kier alpha value is -1.92. The van der Waals surface area contributed by atoms with Gasteiger partial charge in [-0.1, -0.05) is 6.92 Å². The van der Waals surface area contributed by atoms with Gasteiger partial charge in [0.1, 0.15) is 11.7 Å². The van der Waals surface area contributed by atoms with Gasteiger partial charge in [0.25, 0.3) is 0 Å². The fourth-order valence-corrected chi connectivity index (χ4v) is 1.96. The van der Waals surface area contributed by atoms with Crippen molar-refractivity contribution in [2.75, 3.05) is 0 Å². The van der Waals surface area contributed by atoms with E-state index in [4.69, 9.17) is 5.73 Å². The number of amidine groups is 1. The molecule has 0 radical (unpaired) electrons. The molecule has 0 aromatic heterocycles. The summed E-state index contributed by atoms with van der Waals surface area (Å²) in [7, 11) is 0. The number of hydrogen-bond donors (Lipinski definition) is 1. The standard InChI is InChI=1S/C12H11F4N3/c1-6-4-10(17)18-19-11(6)8-3-2-7(13)5-9(8)12(14,15)16/h2-3,5-6H,4H2,1H3,(H2,17,18). The third kappa shape index (κ3) is 2.74. The molecule has 1 aliphatic heterocycles. The second-order valence-corrected chi connectivity index (χ2v) is 4.37. The molecule has 0 fully saturated rings. The molecule has 2 rings (SSSR count). The molecule has 19 heavy (non-hydrogen) atoms. The number of nitrogens with zero attached hydrogens (tertiary/aromatic N) is 2. The highest BCUT2D eigenvalue weighted by Gasteiger charge is 2.36. The molecule has 0 amide bonds. The second kappa shape index (κ2) is 4.64. The number of benzene rings is 1. The van der Waals surface area contributed by atoms with E-state index in [1.165, 1.54) is 0 Å². The molecule has 0 bridgehead atoms.